The number of nitrogens with zero attached hydrogens (tertiary/aromatic N) is 2. The van der Waals surface area contributed by atoms with Gasteiger partial charge in [0, 0.05) is 29.8 Å². The Morgan fingerprint density at radius 2 is 1.84 bits per heavy atom. The van der Waals surface area contributed by atoms with Gasteiger partial charge in [-0.25, -0.2) is 13.4 Å². The molecule has 7 rings (SSSR count). The van der Waals surface area contributed by atoms with Crippen molar-refractivity contribution in [3.05, 3.63) is 36.5 Å². The summed E-state index contributed by atoms with van der Waals surface area (Å²) in [5.74, 6) is -1.44. The number of hydrogen-bond donors (Lipinski definition) is 1. The third-order valence-corrected chi connectivity index (χ3v) is 14.4. The van der Waals surface area contributed by atoms with Crippen LogP contribution in [-0.2, 0) is 33.9 Å². The van der Waals surface area contributed by atoms with Crippen molar-refractivity contribution in [2.45, 2.75) is 115 Å². The Balaban J connectivity index is 1.22. The van der Waals surface area contributed by atoms with Gasteiger partial charge in [0.25, 0.3) is 0 Å². The van der Waals surface area contributed by atoms with Gasteiger partial charge in [0.15, 0.2) is 17.3 Å². The average Bonchev–Trinajstić information content (AvgIpc) is 4.01. The van der Waals surface area contributed by atoms with Crippen LogP contribution >= 0.6 is 0 Å². The second-order valence-corrected chi connectivity index (χ2v) is 19.1. The van der Waals surface area contributed by atoms with E-state index in [-0.39, 0.29) is 61.4 Å². The van der Waals surface area contributed by atoms with Gasteiger partial charge in [-0.2, -0.15) is 0 Å². The molecule has 4 heterocycles. The third kappa shape index (κ3) is 7.93. The molecule has 3 aliphatic heterocycles. The van der Waals surface area contributed by atoms with E-state index in [9.17, 15) is 27.6 Å². The largest absolute Gasteiger partial charge is 0.486 e. The first-order chi connectivity index (χ1) is 26.1. The zero-order valence-electron chi connectivity index (χ0n) is 32.4. The van der Waals surface area contributed by atoms with Gasteiger partial charge in [-0.15, -0.1) is 0 Å². The SMILES string of the molecule is CC(C)OC(=O)C[C@@H]1C(=O)N2C[C@H](Oc3nccc4c5c(ccc34)OCCO5)C[C@H]2C(=O)C[C@]2(C(=O)NS(=O)(=O)C3(C)CC3)C[C@H]2/C=C\CC[C@@H](C)C[C@H]1C. The summed E-state index contributed by atoms with van der Waals surface area (Å²) in [4.78, 5) is 62.6. The van der Waals surface area contributed by atoms with Crippen molar-refractivity contribution in [3.8, 4) is 17.4 Å². The van der Waals surface area contributed by atoms with E-state index in [1.165, 1.54) is 4.90 Å². The minimum absolute atomic E-state index is 0.0467. The van der Waals surface area contributed by atoms with E-state index in [1.54, 1.807) is 33.0 Å². The first kappa shape index (κ1) is 39.1. The number of aromatic nitrogens is 1. The monoisotopic (exact) mass is 779 g/mol. The van der Waals surface area contributed by atoms with E-state index in [2.05, 4.69) is 16.6 Å². The molecule has 2 aliphatic carbocycles. The van der Waals surface area contributed by atoms with E-state index >= 15 is 0 Å². The van der Waals surface area contributed by atoms with Crippen molar-refractivity contribution in [1.82, 2.24) is 14.6 Å². The number of esters is 1. The molecule has 55 heavy (non-hydrogen) atoms. The van der Waals surface area contributed by atoms with Gasteiger partial charge < -0.3 is 23.8 Å². The second kappa shape index (κ2) is 15.0. The van der Waals surface area contributed by atoms with E-state index in [4.69, 9.17) is 18.9 Å². The van der Waals surface area contributed by atoms with E-state index in [0.29, 0.717) is 61.7 Å². The number of hydrogen-bond acceptors (Lipinski definition) is 11. The number of pyridine rings is 1. The van der Waals surface area contributed by atoms with Gasteiger partial charge >= 0.3 is 5.97 Å². The standard InChI is InChI=1S/C41H53N3O10S/c1-24(2)53-35(46)20-31-26(4)18-25(3)8-6-7-9-27-21-41(27,39(48)43-55(49,50)40(5)13-14-40)22-33(45)32-19-28(23-44(32)38(31)47)54-37-30-10-11-34-36(52-17-16-51-34)29(30)12-15-42-37/h7,9-12,15,24-28,31-32H,6,8,13-14,16-23H2,1-5H3,(H,43,48)/b9-7-/t25-,26-,27-,28-,31+,32+,41-/m1/s1. The maximum atomic E-state index is 14.8. The van der Waals surface area contributed by atoms with Gasteiger partial charge in [0.1, 0.15) is 19.3 Å². The van der Waals surface area contributed by atoms with Crippen LogP contribution in [0.1, 0.15) is 92.4 Å². The topological polar surface area (TPSA) is 168 Å². The summed E-state index contributed by atoms with van der Waals surface area (Å²) in [5.41, 5.74) is -1.27. The lowest BCUT2D eigenvalue weighted by molar-refractivity contribution is -0.154. The fourth-order valence-electron chi connectivity index (χ4n) is 8.57. The minimum Gasteiger partial charge on any atom is -0.486 e. The van der Waals surface area contributed by atoms with Gasteiger partial charge in [0.05, 0.1) is 41.2 Å². The van der Waals surface area contributed by atoms with Crippen molar-refractivity contribution < 1.29 is 46.5 Å². The van der Waals surface area contributed by atoms with Crippen molar-refractivity contribution in [3.63, 3.8) is 0 Å². The summed E-state index contributed by atoms with van der Waals surface area (Å²) < 4.78 is 51.5. The molecular weight excluding hydrogens is 727 g/mol. The molecule has 1 N–H and O–H groups in total. The Bertz CT molecular complexity index is 1990. The molecule has 2 amide bonds. The van der Waals surface area contributed by atoms with Crippen molar-refractivity contribution in [1.29, 1.82) is 0 Å². The minimum atomic E-state index is -3.95. The number of nitrogens with one attached hydrogen (secondary N) is 1. The molecule has 14 heteroatoms. The van der Waals surface area contributed by atoms with Crippen LogP contribution in [-0.4, -0.2) is 84.6 Å². The average molecular weight is 780 g/mol. The Morgan fingerprint density at radius 3 is 2.58 bits per heavy atom. The lowest BCUT2D eigenvalue weighted by atomic mass is 9.82. The lowest BCUT2D eigenvalue weighted by Crippen LogP contribution is -2.48. The molecule has 13 nitrogen and oxygen atoms in total. The first-order valence-corrected chi connectivity index (χ1v) is 21.2. The summed E-state index contributed by atoms with van der Waals surface area (Å²) >= 11 is 0. The number of carbonyl (C=O) groups excluding carboxylic acids is 4. The van der Waals surface area contributed by atoms with Crippen LogP contribution in [0.15, 0.2) is 36.5 Å². The predicted molar refractivity (Wildman–Crippen MR) is 203 cm³/mol. The molecular formula is C41H53N3O10S. The van der Waals surface area contributed by atoms with Crippen LogP contribution < -0.4 is 18.9 Å². The van der Waals surface area contributed by atoms with E-state index < -0.39 is 50.1 Å². The zero-order chi connectivity index (χ0) is 39.3. The summed E-state index contributed by atoms with van der Waals surface area (Å²) in [6.45, 7) is 10.1. The number of benzene rings is 1. The second-order valence-electron chi connectivity index (χ2n) is 17.0. The number of allylic oxidation sites excluding steroid dienone is 2. The van der Waals surface area contributed by atoms with Crippen LogP contribution in [0.25, 0.3) is 10.8 Å². The molecule has 1 aromatic heterocycles. The summed E-state index contributed by atoms with van der Waals surface area (Å²) in [7, 11) is -3.95. The number of amides is 2. The van der Waals surface area contributed by atoms with Gasteiger partial charge in [-0.05, 0) is 95.2 Å². The molecule has 3 fully saturated rings. The highest BCUT2D eigenvalue weighted by molar-refractivity contribution is 7.91. The highest BCUT2D eigenvalue weighted by atomic mass is 32.2. The Labute approximate surface area is 322 Å². The van der Waals surface area contributed by atoms with Gasteiger partial charge in [-0.3, -0.25) is 23.9 Å². The molecule has 0 unspecified atom stereocenters. The third-order valence-electron chi connectivity index (χ3n) is 12.2. The number of sulfonamides is 1. The first-order valence-electron chi connectivity index (χ1n) is 19.7. The highest BCUT2D eigenvalue weighted by Gasteiger charge is 2.62. The lowest BCUT2D eigenvalue weighted by Gasteiger charge is -2.32. The van der Waals surface area contributed by atoms with Gasteiger partial charge in [0.2, 0.25) is 27.7 Å². The van der Waals surface area contributed by atoms with Gasteiger partial charge in [-0.1, -0.05) is 26.0 Å². The normalized spacial score (nSPS) is 31.1. The molecule has 2 aromatic rings. The Kier molecular flexibility index (Phi) is 10.7. The molecule has 7 atom stereocenters. The molecule has 0 spiro atoms. The molecule has 298 valence electrons. The highest BCUT2D eigenvalue weighted by Crippen LogP contribution is 2.58. The maximum absolute atomic E-state index is 14.8. The fraction of sp³-hybridized carbons (Fsp3) is 0.634. The quantitative estimate of drug-likeness (QED) is 0.273. The van der Waals surface area contributed by atoms with Crippen LogP contribution in [0.2, 0.25) is 0 Å². The van der Waals surface area contributed by atoms with E-state index in [0.717, 1.165) is 18.2 Å². The van der Waals surface area contributed by atoms with Crippen LogP contribution in [0.3, 0.4) is 0 Å². The molecule has 1 aromatic carbocycles. The van der Waals surface area contributed by atoms with E-state index in [1.807, 2.05) is 31.2 Å². The molecule has 1 saturated heterocycles. The predicted octanol–water partition coefficient (Wildman–Crippen LogP) is 5.29. The molecule has 0 radical (unpaired) electrons. The van der Waals surface area contributed by atoms with Crippen molar-refractivity contribution >= 4 is 44.4 Å². The van der Waals surface area contributed by atoms with Crippen molar-refractivity contribution in [2.24, 2.45) is 29.1 Å². The Morgan fingerprint density at radius 1 is 1.07 bits per heavy atom. The summed E-state index contributed by atoms with van der Waals surface area (Å²) in [5, 5.41) is 1.43. The Hall–Kier alpha value is -4.20. The van der Waals surface area contributed by atoms with Crippen molar-refractivity contribution in [2.75, 3.05) is 19.8 Å². The fourth-order valence-corrected chi connectivity index (χ4v) is 9.90. The summed E-state index contributed by atoms with van der Waals surface area (Å²) in [6.07, 6.45) is 7.74. The number of carbonyl (C=O) groups is 4. The smallest absolute Gasteiger partial charge is 0.306 e. The van der Waals surface area contributed by atoms with Crippen LogP contribution in [0.5, 0.6) is 17.4 Å². The van der Waals surface area contributed by atoms with Crippen LogP contribution in [0.4, 0.5) is 0 Å². The number of Topliss-reactive ketones (excluding diaryl/α,β-unsaturated/α-hetero) is 1. The number of fused-ring (bicyclic) bond motifs is 5. The maximum Gasteiger partial charge on any atom is 0.306 e. The van der Waals surface area contributed by atoms with Crippen LogP contribution in [0, 0.1) is 29.1 Å². The number of ether oxygens (including phenoxy) is 4. The number of ketones is 1. The zero-order valence-corrected chi connectivity index (χ0v) is 33.2. The molecule has 2 saturated carbocycles. The molecule has 5 aliphatic rings. The number of rotatable bonds is 8. The molecule has 0 bridgehead atoms. The summed E-state index contributed by atoms with van der Waals surface area (Å²) in [6, 6.07) is 4.48.